The molecular formula is C12H17N3O. The predicted octanol–water partition coefficient (Wildman–Crippen LogP) is 1.72. The van der Waals surface area contributed by atoms with Gasteiger partial charge >= 0.3 is 0 Å². The summed E-state index contributed by atoms with van der Waals surface area (Å²) in [4.78, 5) is 4.15. The molecule has 0 amide bonds. The first-order chi connectivity index (χ1) is 7.88. The smallest absolute Gasteiger partial charge is 0.0762 e. The fraction of sp³-hybridized carbons (Fsp3) is 0.583. The fourth-order valence-electron chi connectivity index (χ4n) is 2.48. The van der Waals surface area contributed by atoms with Crippen molar-refractivity contribution in [3.8, 4) is 0 Å². The first-order valence-corrected chi connectivity index (χ1v) is 5.88. The van der Waals surface area contributed by atoms with E-state index in [-0.39, 0.29) is 0 Å². The van der Waals surface area contributed by atoms with Gasteiger partial charge in [0.15, 0.2) is 0 Å². The second-order valence-electron chi connectivity index (χ2n) is 4.74. The van der Waals surface area contributed by atoms with E-state index in [0.29, 0.717) is 5.41 Å². The number of hydrogen-bond donors (Lipinski definition) is 2. The average molecular weight is 219 g/mol. The molecule has 1 spiro atoms. The summed E-state index contributed by atoms with van der Waals surface area (Å²) in [5, 5.41) is 7.03. The molecule has 0 aliphatic carbocycles. The summed E-state index contributed by atoms with van der Waals surface area (Å²) in [5.41, 5.74) is 2.63. The Morgan fingerprint density at radius 1 is 1.12 bits per heavy atom. The molecular weight excluding hydrogens is 202 g/mol. The molecule has 1 aromatic heterocycles. The molecule has 4 nitrogen and oxygen atoms in total. The average Bonchev–Trinajstić information content (AvgIpc) is 2.52. The van der Waals surface area contributed by atoms with Crippen molar-refractivity contribution < 1.29 is 4.74 Å². The molecule has 3 rings (SSSR count). The molecule has 0 radical (unpaired) electrons. The summed E-state index contributed by atoms with van der Waals surface area (Å²) in [6.07, 6.45) is 5.99. The zero-order chi connectivity index (χ0) is 10.8. The van der Waals surface area contributed by atoms with Gasteiger partial charge in [0.25, 0.3) is 0 Å². The molecule has 2 aliphatic rings. The van der Waals surface area contributed by atoms with E-state index in [1.165, 1.54) is 5.69 Å². The molecule has 0 aromatic carbocycles. The Kier molecular flexibility index (Phi) is 2.44. The number of nitrogens with one attached hydrogen (secondary N) is 2. The maximum absolute atomic E-state index is 5.45. The highest BCUT2D eigenvalue weighted by Gasteiger charge is 2.34. The summed E-state index contributed by atoms with van der Waals surface area (Å²) in [7, 11) is 0. The van der Waals surface area contributed by atoms with E-state index in [4.69, 9.17) is 4.74 Å². The van der Waals surface area contributed by atoms with Crippen LogP contribution < -0.4 is 10.6 Å². The quantitative estimate of drug-likeness (QED) is 0.697. The van der Waals surface area contributed by atoms with Crippen molar-refractivity contribution in [1.82, 2.24) is 4.98 Å². The minimum atomic E-state index is 0.345. The van der Waals surface area contributed by atoms with Crippen molar-refractivity contribution in [1.29, 1.82) is 0 Å². The molecule has 16 heavy (non-hydrogen) atoms. The molecule has 2 N–H and O–H groups in total. The lowest BCUT2D eigenvalue weighted by Crippen LogP contribution is -2.40. The Morgan fingerprint density at radius 3 is 2.69 bits per heavy atom. The van der Waals surface area contributed by atoms with Gasteiger partial charge in [-0.1, -0.05) is 0 Å². The number of fused-ring (bicyclic) bond motifs is 1. The normalized spacial score (nSPS) is 22.8. The summed E-state index contributed by atoms with van der Waals surface area (Å²) in [5.74, 6) is 0. The van der Waals surface area contributed by atoms with Crippen LogP contribution in [0.3, 0.4) is 0 Å². The molecule has 0 atom stereocenters. The molecule has 4 heteroatoms. The van der Waals surface area contributed by atoms with Crippen LogP contribution >= 0.6 is 0 Å². The van der Waals surface area contributed by atoms with Gasteiger partial charge in [-0.15, -0.1) is 0 Å². The van der Waals surface area contributed by atoms with Gasteiger partial charge in [0.1, 0.15) is 0 Å². The van der Waals surface area contributed by atoms with Crippen LogP contribution in [0.2, 0.25) is 0 Å². The van der Waals surface area contributed by atoms with Crippen molar-refractivity contribution in [2.24, 2.45) is 5.41 Å². The van der Waals surface area contributed by atoms with Crippen LogP contribution in [0.4, 0.5) is 11.4 Å². The number of nitrogens with zero attached hydrogens (tertiary/aromatic N) is 1. The lowest BCUT2D eigenvalue weighted by Gasteiger charge is -2.36. The Labute approximate surface area is 95.4 Å². The van der Waals surface area contributed by atoms with E-state index in [9.17, 15) is 0 Å². The molecule has 3 heterocycles. The molecule has 0 bridgehead atoms. The first kappa shape index (κ1) is 9.90. The minimum Gasteiger partial charge on any atom is -0.383 e. The Bertz CT molecular complexity index is 345. The van der Waals surface area contributed by atoms with Gasteiger partial charge in [-0.2, -0.15) is 0 Å². The van der Waals surface area contributed by atoms with Crippen LogP contribution in [0.1, 0.15) is 12.8 Å². The predicted molar refractivity (Wildman–Crippen MR) is 63.7 cm³/mol. The maximum Gasteiger partial charge on any atom is 0.0762 e. The van der Waals surface area contributed by atoms with E-state index in [1.807, 2.05) is 18.5 Å². The van der Waals surface area contributed by atoms with Gasteiger partial charge in [-0.05, 0) is 18.9 Å². The van der Waals surface area contributed by atoms with Gasteiger partial charge in [0.2, 0.25) is 0 Å². The van der Waals surface area contributed by atoms with Crippen molar-refractivity contribution in [2.75, 3.05) is 36.9 Å². The molecule has 1 aromatic rings. The molecule has 0 saturated carbocycles. The number of pyridine rings is 1. The molecule has 1 fully saturated rings. The topological polar surface area (TPSA) is 46.2 Å². The van der Waals surface area contributed by atoms with Gasteiger partial charge in [0, 0.05) is 37.9 Å². The van der Waals surface area contributed by atoms with Gasteiger partial charge in [-0.3, -0.25) is 4.98 Å². The Balaban J connectivity index is 1.81. The third-order valence-electron chi connectivity index (χ3n) is 3.68. The van der Waals surface area contributed by atoms with Crippen molar-refractivity contribution in [2.45, 2.75) is 12.8 Å². The monoisotopic (exact) mass is 219 g/mol. The van der Waals surface area contributed by atoms with Crippen molar-refractivity contribution in [3.05, 3.63) is 18.5 Å². The molecule has 2 aliphatic heterocycles. The lowest BCUT2D eigenvalue weighted by molar-refractivity contribution is 0.0276. The van der Waals surface area contributed by atoms with E-state index in [2.05, 4.69) is 15.6 Å². The molecule has 86 valence electrons. The van der Waals surface area contributed by atoms with Gasteiger partial charge < -0.3 is 15.4 Å². The summed E-state index contributed by atoms with van der Waals surface area (Å²) in [6.45, 7) is 3.82. The number of anilines is 2. The van der Waals surface area contributed by atoms with Crippen LogP contribution in [0.5, 0.6) is 0 Å². The molecule has 0 unspecified atom stereocenters. The maximum atomic E-state index is 5.45. The second-order valence-corrected chi connectivity index (χ2v) is 4.74. The standard InChI is InChI=1S/C12H17N3O/c1-4-13-7-11-10(1)14-8-12(9-15-11)2-5-16-6-3-12/h1,4,7,14-15H,2-3,5-6,8-9H2. The van der Waals surface area contributed by atoms with E-state index in [1.54, 1.807) is 0 Å². The summed E-state index contributed by atoms with van der Waals surface area (Å²) in [6, 6.07) is 2.03. The van der Waals surface area contributed by atoms with Crippen molar-refractivity contribution in [3.63, 3.8) is 0 Å². The van der Waals surface area contributed by atoms with E-state index < -0.39 is 0 Å². The number of hydrogen-bond acceptors (Lipinski definition) is 4. The summed E-state index contributed by atoms with van der Waals surface area (Å²) >= 11 is 0. The third-order valence-corrected chi connectivity index (χ3v) is 3.68. The third kappa shape index (κ3) is 1.73. The highest BCUT2D eigenvalue weighted by atomic mass is 16.5. The Hall–Kier alpha value is -1.29. The van der Waals surface area contributed by atoms with Crippen LogP contribution in [-0.2, 0) is 4.74 Å². The van der Waals surface area contributed by atoms with Gasteiger partial charge in [-0.25, -0.2) is 0 Å². The zero-order valence-electron chi connectivity index (χ0n) is 9.33. The number of rotatable bonds is 0. The van der Waals surface area contributed by atoms with Crippen LogP contribution in [0.25, 0.3) is 0 Å². The largest absolute Gasteiger partial charge is 0.383 e. The summed E-state index contributed by atoms with van der Waals surface area (Å²) < 4.78 is 5.45. The Morgan fingerprint density at radius 2 is 1.88 bits per heavy atom. The van der Waals surface area contributed by atoms with Crippen LogP contribution in [0.15, 0.2) is 18.5 Å². The van der Waals surface area contributed by atoms with Crippen LogP contribution in [-0.4, -0.2) is 31.3 Å². The number of ether oxygens (including phenoxy) is 1. The number of aromatic nitrogens is 1. The second kappa shape index (κ2) is 3.94. The highest BCUT2D eigenvalue weighted by Crippen LogP contribution is 2.35. The zero-order valence-corrected chi connectivity index (χ0v) is 9.33. The van der Waals surface area contributed by atoms with Gasteiger partial charge in [0.05, 0.1) is 17.6 Å². The van der Waals surface area contributed by atoms with E-state index in [0.717, 1.165) is 44.8 Å². The highest BCUT2D eigenvalue weighted by molar-refractivity contribution is 5.68. The minimum absolute atomic E-state index is 0.345. The van der Waals surface area contributed by atoms with E-state index >= 15 is 0 Å². The molecule has 1 saturated heterocycles. The first-order valence-electron chi connectivity index (χ1n) is 5.88. The van der Waals surface area contributed by atoms with Crippen molar-refractivity contribution >= 4 is 11.4 Å². The lowest BCUT2D eigenvalue weighted by atomic mass is 9.80. The van der Waals surface area contributed by atoms with Crippen LogP contribution in [0, 0.1) is 5.41 Å². The fourth-order valence-corrected chi connectivity index (χ4v) is 2.48. The SMILES string of the molecule is c1cc2c(cn1)NCC1(CCOCC1)CN2.